The van der Waals surface area contributed by atoms with Gasteiger partial charge in [-0.15, -0.1) is 0 Å². The lowest BCUT2D eigenvalue weighted by atomic mass is 10.3. The molecule has 0 spiro atoms. The van der Waals surface area contributed by atoms with Gasteiger partial charge in [-0.2, -0.15) is 4.68 Å². The Kier molecular flexibility index (Phi) is 5.94. The van der Waals surface area contributed by atoms with Gasteiger partial charge in [0, 0.05) is 20.3 Å². The van der Waals surface area contributed by atoms with E-state index in [0.717, 1.165) is 18.7 Å². The van der Waals surface area contributed by atoms with Crippen molar-refractivity contribution in [2.75, 3.05) is 38.8 Å². The molecule has 0 radical (unpaired) electrons. The number of aromatic nitrogens is 4. The zero-order valence-corrected chi connectivity index (χ0v) is 11.5. The van der Waals surface area contributed by atoms with E-state index in [1.165, 1.54) is 0 Å². The highest BCUT2D eigenvalue weighted by atomic mass is 16.5. The van der Waals surface area contributed by atoms with Crippen LogP contribution in [0.3, 0.4) is 0 Å². The van der Waals surface area contributed by atoms with Gasteiger partial charge in [-0.25, -0.2) is 0 Å². The highest BCUT2D eigenvalue weighted by Crippen LogP contribution is 2.10. The van der Waals surface area contributed by atoms with Crippen molar-refractivity contribution in [3.05, 3.63) is 30.3 Å². The summed E-state index contributed by atoms with van der Waals surface area (Å²) >= 11 is 0. The first-order valence-corrected chi connectivity index (χ1v) is 6.56. The number of anilines is 1. The van der Waals surface area contributed by atoms with E-state index in [1.807, 2.05) is 30.3 Å². The normalized spacial score (nSPS) is 10.7. The third-order valence-electron chi connectivity index (χ3n) is 2.65. The van der Waals surface area contributed by atoms with Crippen LogP contribution in [-0.2, 0) is 9.47 Å². The van der Waals surface area contributed by atoms with Gasteiger partial charge in [0.05, 0.1) is 18.9 Å². The van der Waals surface area contributed by atoms with Gasteiger partial charge in [-0.1, -0.05) is 23.3 Å². The summed E-state index contributed by atoms with van der Waals surface area (Å²) < 4.78 is 12.0. The van der Waals surface area contributed by atoms with E-state index in [9.17, 15) is 0 Å². The van der Waals surface area contributed by atoms with Crippen molar-refractivity contribution in [3.8, 4) is 5.69 Å². The first-order chi connectivity index (χ1) is 9.92. The molecule has 0 bridgehead atoms. The van der Waals surface area contributed by atoms with Crippen LogP contribution in [0.4, 0.5) is 5.95 Å². The van der Waals surface area contributed by atoms with Gasteiger partial charge in [0.1, 0.15) is 0 Å². The van der Waals surface area contributed by atoms with Gasteiger partial charge in [0.15, 0.2) is 0 Å². The second-order valence-corrected chi connectivity index (χ2v) is 4.14. The molecule has 0 aliphatic rings. The summed E-state index contributed by atoms with van der Waals surface area (Å²) in [5.74, 6) is 0.632. The van der Waals surface area contributed by atoms with Gasteiger partial charge in [-0.05, 0) is 29.0 Å². The molecule has 0 amide bonds. The molecule has 1 heterocycles. The van der Waals surface area contributed by atoms with E-state index in [0.29, 0.717) is 25.8 Å². The van der Waals surface area contributed by atoms with Crippen molar-refractivity contribution in [3.63, 3.8) is 0 Å². The van der Waals surface area contributed by atoms with E-state index in [-0.39, 0.29) is 0 Å². The third kappa shape index (κ3) is 4.29. The lowest BCUT2D eigenvalue weighted by Gasteiger charge is -2.07. The summed E-state index contributed by atoms with van der Waals surface area (Å²) in [5.41, 5.74) is 0.927. The van der Waals surface area contributed by atoms with Crippen LogP contribution >= 0.6 is 0 Å². The molecule has 1 aromatic heterocycles. The van der Waals surface area contributed by atoms with Crippen molar-refractivity contribution in [1.29, 1.82) is 0 Å². The number of hydrogen-bond donors (Lipinski definition) is 1. The molecule has 1 N–H and O–H groups in total. The Morgan fingerprint density at radius 2 is 2.00 bits per heavy atom. The monoisotopic (exact) mass is 277 g/mol. The second kappa shape index (κ2) is 8.23. The topological polar surface area (TPSA) is 74.1 Å². The van der Waals surface area contributed by atoms with Crippen molar-refractivity contribution >= 4 is 5.95 Å². The average molecular weight is 277 g/mol. The lowest BCUT2D eigenvalue weighted by molar-refractivity contribution is 0.0705. The summed E-state index contributed by atoms with van der Waals surface area (Å²) in [7, 11) is 1.66. The number of para-hydroxylation sites is 1. The Bertz CT molecular complexity index is 489. The Morgan fingerprint density at radius 1 is 1.15 bits per heavy atom. The lowest BCUT2D eigenvalue weighted by Crippen LogP contribution is -2.11. The fourth-order valence-electron chi connectivity index (χ4n) is 1.66. The molecule has 0 aliphatic heterocycles. The van der Waals surface area contributed by atoms with Crippen LogP contribution in [0.5, 0.6) is 0 Å². The Hall–Kier alpha value is -1.99. The summed E-state index contributed by atoms with van der Waals surface area (Å²) in [6.07, 6.45) is 0.880. The van der Waals surface area contributed by atoms with Crippen LogP contribution in [0, 0.1) is 0 Å². The summed E-state index contributed by atoms with van der Waals surface area (Å²) in [6, 6.07) is 9.76. The Balaban J connectivity index is 1.76. The van der Waals surface area contributed by atoms with Crippen molar-refractivity contribution in [2.24, 2.45) is 0 Å². The minimum Gasteiger partial charge on any atom is -0.382 e. The maximum absolute atomic E-state index is 5.38. The predicted molar refractivity (Wildman–Crippen MR) is 75.0 cm³/mol. The Morgan fingerprint density at radius 3 is 2.80 bits per heavy atom. The highest BCUT2D eigenvalue weighted by molar-refractivity contribution is 5.38. The standard InChI is InChI=1S/C13H19N5O2/c1-19-10-11-20-9-5-8-14-13-15-16-17-18(13)12-6-3-2-4-7-12/h2-4,6-7H,5,8-11H2,1H3,(H,14,15,17). The second-order valence-electron chi connectivity index (χ2n) is 4.14. The largest absolute Gasteiger partial charge is 0.382 e. The molecule has 20 heavy (non-hydrogen) atoms. The average Bonchev–Trinajstić information content (AvgIpc) is 2.96. The molecule has 0 unspecified atom stereocenters. The van der Waals surface area contributed by atoms with Gasteiger partial charge in [-0.3, -0.25) is 0 Å². The number of rotatable bonds is 9. The van der Waals surface area contributed by atoms with Crippen LogP contribution < -0.4 is 5.32 Å². The molecule has 0 aliphatic carbocycles. The maximum Gasteiger partial charge on any atom is 0.247 e. The minimum atomic E-state index is 0.623. The van der Waals surface area contributed by atoms with E-state index in [1.54, 1.807) is 11.8 Å². The number of benzene rings is 1. The van der Waals surface area contributed by atoms with E-state index in [2.05, 4.69) is 20.8 Å². The molecule has 0 fully saturated rings. The maximum atomic E-state index is 5.38. The first kappa shape index (κ1) is 14.4. The van der Waals surface area contributed by atoms with E-state index < -0.39 is 0 Å². The number of ether oxygens (including phenoxy) is 2. The van der Waals surface area contributed by atoms with Crippen LogP contribution in [0.2, 0.25) is 0 Å². The smallest absolute Gasteiger partial charge is 0.247 e. The predicted octanol–water partition coefficient (Wildman–Crippen LogP) is 1.13. The molecule has 7 nitrogen and oxygen atoms in total. The first-order valence-electron chi connectivity index (χ1n) is 6.56. The molecule has 0 saturated carbocycles. The number of tetrazole rings is 1. The number of nitrogens with zero attached hydrogens (tertiary/aromatic N) is 4. The Labute approximate surface area is 117 Å². The van der Waals surface area contributed by atoms with Gasteiger partial charge in [0.2, 0.25) is 5.95 Å². The number of hydrogen-bond acceptors (Lipinski definition) is 6. The molecule has 2 rings (SSSR count). The summed E-state index contributed by atoms with van der Waals surface area (Å²) in [6.45, 7) is 2.68. The molecular weight excluding hydrogens is 258 g/mol. The number of methoxy groups -OCH3 is 1. The van der Waals surface area contributed by atoms with E-state index in [4.69, 9.17) is 9.47 Å². The third-order valence-corrected chi connectivity index (χ3v) is 2.65. The van der Waals surface area contributed by atoms with Crippen LogP contribution in [0.25, 0.3) is 5.69 Å². The van der Waals surface area contributed by atoms with Crippen LogP contribution in [0.1, 0.15) is 6.42 Å². The van der Waals surface area contributed by atoms with Crippen molar-refractivity contribution in [2.45, 2.75) is 6.42 Å². The molecule has 0 atom stereocenters. The fourth-order valence-corrected chi connectivity index (χ4v) is 1.66. The van der Waals surface area contributed by atoms with Crippen LogP contribution in [0.15, 0.2) is 30.3 Å². The van der Waals surface area contributed by atoms with Gasteiger partial charge >= 0.3 is 0 Å². The summed E-state index contributed by atoms with van der Waals surface area (Å²) in [5, 5.41) is 14.8. The molecule has 7 heteroatoms. The van der Waals surface area contributed by atoms with Gasteiger partial charge in [0.25, 0.3) is 0 Å². The molecule has 0 saturated heterocycles. The van der Waals surface area contributed by atoms with Crippen molar-refractivity contribution in [1.82, 2.24) is 20.2 Å². The SMILES string of the molecule is COCCOCCCNc1nnnn1-c1ccccc1. The highest BCUT2D eigenvalue weighted by Gasteiger charge is 2.06. The molecule has 1 aromatic carbocycles. The molecule has 108 valence electrons. The zero-order chi connectivity index (χ0) is 14.0. The summed E-state index contributed by atoms with van der Waals surface area (Å²) in [4.78, 5) is 0. The van der Waals surface area contributed by atoms with Gasteiger partial charge < -0.3 is 14.8 Å². The molecular formula is C13H19N5O2. The fraction of sp³-hybridized carbons (Fsp3) is 0.462. The van der Waals surface area contributed by atoms with Crippen molar-refractivity contribution < 1.29 is 9.47 Å². The van der Waals surface area contributed by atoms with E-state index >= 15 is 0 Å². The zero-order valence-electron chi connectivity index (χ0n) is 11.5. The minimum absolute atomic E-state index is 0.623. The van der Waals surface area contributed by atoms with Crippen LogP contribution in [-0.4, -0.2) is 53.7 Å². The number of nitrogens with one attached hydrogen (secondary N) is 1. The quantitative estimate of drug-likeness (QED) is 0.693. The molecule has 2 aromatic rings.